The number of nitrogens with two attached hydrogens (primary N) is 1. The third kappa shape index (κ3) is 12.6. The van der Waals surface area contributed by atoms with Crippen molar-refractivity contribution in [2.24, 2.45) is 25.6 Å². The van der Waals surface area contributed by atoms with E-state index in [0.717, 1.165) is 36.4 Å². The summed E-state index contributed by atoms with van der Waals surface area (Å²) in [7, 11) is -10.6. The number of hydrogen-bond acceptors (Lipinski definition) is 19. The van der Waals surface area contributed by atoms with Crippen LogP contribution in [0.1, 0.15) is 36.6 Å². The SMILES string of the molecule is Nc1c(N=Nc2ccc([N+](=O)[O-])cc2)c(S(=O)(=O)O)cc2c1C(=O)C(=NNc1ccc(NC(=O)c3ccc(N=Nc4ccc([O-])c(C(=O)[O-])c4)cc3)cc1)C(S(=O)(=O)[O-])=C2.[Na+].[Na+].[Na+]. The van der Waals surface area contributed by atoms with Gasteiger partial charge < -0.3 is 30.6 Å². The minimum atomic E-state index is -5.47. The number of carbonyl (C=O) groups is 3. The molecule has 5 N–H and O–H groups in total. The predicted molar refractivity (Wildman–Crippen MR) is 206 cm³/mol. The van der Waals surface area contributed by atoms with Crippen molar-refractivity contribution < 1.29 is 144 Å². The molecule has 0 atom stereocenters. The summed E-state index contributed by atoms with van der Waals surface area (Å²) in [6.45, 7) is 0. The van der Waals surface area contributed by atoms with Gasteiger partial charge in [-0.1, -0.05) is 11.8 Å². The number of allylic oxidation sites excluding steroid dienone is 1. The second-order valence-corrected chi connectivity index (χ2v) is 14.9. The van der Waals surface area contributed by atoms with Crippen molar-refractivity contribution in [1.29, 1.82) is 0 Å². The monoisotopic (exact) mass is 921 g/mol. The Morgan fingerprint density at radius 3 is 1.86 bits per heavy atom. The third-order valence-electron chi connectivity index (χ3n) is 8.20. The summed E-state index contributed by atoms with van der Waals surface area (Å²) in [4.78, 5) is 45.8. The number of benzene rings is 5. The Kier molecular flexibility index (Phi) is 17.9. The van der Waals surface area contributed by atoms with Gasteiger partial charge in [-0.15, -0.1) is 5.11 Å². The van der Waals surface area contributed by atoms with Crippen LogP contribution in [0.2, 0.25) is 0 Å². The number of Topliss-reactive ketones (excluding diaryl/α,β-unsaturated/α-hetero) is 1. The number of carboxylic acid groups (broad SMARTS) is 1. The van der Waals surface area contributed by atoms with E-state index in [1.165, 1.54) is 54.6 Å². The second kappa shape index (κ2) is 21.5. The average Bonchev–Trinajstić information content (AvgIpc) is 3.19. The first-order valence-electron chi connectivity index (χ1n) is 16.4. The second-order valence-electron chi connectivity index (χ2n) is 12.2. The van der Waals surface area contributed by atoms with Crippen LogP contribution in [0.3, 0.4) is 0 Å². The van der Waals surface area contributed by atoms with E-state index < -0.39 is 92.1 Å². The molecule has 1 aliphatic carbocycles. The number of hydrazone groups is 1. The number of hydrogen-bond donors (Lipinski definition) is 4. The van der Waals surface area contributed by atoms with E-state index in [9.17, 15) is 60.7 Å². The molecule has 304 valence electrons. The largest absolute Gasteiger partial charge is 1.00 e. The fourth-order valence-corrected chi connectivity index (χ4v) is 6.64. The maximum absolute atomic E-state index is 13.7. The minimum absolute atomic E-state index is 0. The molecule has 27 heteroatoms. The molecule has 0 spiro atoms. The molecule has 1 aliphatic rings. The summed E-state index contributed by atoms with van der Waals surface area (Å²) in [5, 5.41) is 55.5. The molecular formula is C36H22N9Na3O13S2. The quantitative estimate of drug-likeness (QED) is 0.0229. The van der Waals surface area contributed by atoms with Gasteiger partial charge in [0.1, 0.15) is 26.4 Å². The molecule has 0 saturated carbocycles. The average molecular weight is 922 g/mol. The molecule has 0 radical (unpaired) electrons. The van der Waals surface area contributed by atoms with Crippen LogP contribution in [0.25, 0.3) is 6.08 Å². The van der Waals surface area contributed by atoms with Gasteiger partial charge in [0.2, 0.25) is 5.78 Å². The van der Waals surface area contributed by atoms with E-state index in [2.05, 4.69) is 36.3 Å². The van der Waals surface area contributed by atoms with Gasteiger partial charge in [0, 0.05) is 23.4 Å². The molecule has 0 heterocycles. The van der Waals surface area contributed by atoms with Crippen LogP contribution < -0.4 is 115 Å². The zero-order valence-electron chi connectivity index (χ0n) is 32.7. The van der Waals surface area contributed by atoms with Gasteiger partial charge in [-0.05, 0) is 96.1 Å². The fraction of sp³-hybridized carbons (Fsp3) is 0. The van der Waals surface area contributed by atoms with Crippen molar-refractivity contribution in [1.82, 2.24) is 0 Å². The van der Waals surface area contributed by atoms with Crippen LogP contribution in [-0.4, -0.2) is 54.2 Å². The van der Waals surface area contributed by atoms with Crippen molar-refractivity contribution in [3.63, 3.8) is 0 Å². The van der Waals surface area contributed by atoms with E-state index in [-0.39, 0.29) is 123 Å². The number of nitrogens with one attached hydrogen (secondary N) is 2. The van der Waals surface area contributed by atoms with Gasteiger partial charge in [-0.2, -0.15) is 28.9 Å². The zero-order valence-corrected chi connectivity index (χ0v) is 40.4. The molecule has 0 saturated heterocycles. The fourth-order valence-electron chi connectivity index (χ4n) is 5.33. The topological polar surface area (TPSA) is 364 Å². The Balaban J connectivity index is 0.00000352. The molecule has 5 aromatic carbocycles. The van der Waals surface area contributed by atoms with Gasteiger partial charge in [0.05, 0.1) is 49.8 Å². The van der Waals surface area contributed by atoms with Crippen LogP contribution in [-0.2, 0) is 20.2 Å². The molecule has 63 heavy (non-hydrogen) atoms. The maximum atomic E-state index is 13.7. The first-order chi connectivity index (χ1) is 28.3. The van der Waals surface area contributed by atoms with Gasteiger partial charge in [0.15, 0.2) is 0 Å². The third-order valence-corrected chi connectivity index (χ3v) is 9.92. The molecule has 5 aromatic rings. The normalized spacial score (nSPS) is 13.0. The summed E-state index contributed by atoms with van der Waals surface area (Å²) >= 11 is 0. The Morgan fingerprint density at radius 1 is 0.762 bits per heavy atom. The number of fused-ring (bicyclic) bond motifs is 1. The molecule has 0 bridgehead atoms. The number of non-ortho nitro benzene ring substituents is 1. The minimum Gasteiger partial charge on any atom is -0.872 e. The van der Waals surface area contributed by atoms with Crippen molar-refractivity contribution in [2.75, 3.05) is 16.5 Å². The molecule has 22 nitrogen and oxygen atoms in total. The number of carbonyl (C=O) groups excluding carboxylic acids is 3. The standard InChI is InChI=1S/C36H25N9O13S2.3Na/c37-31-30-19(15-28(59(53,54)55)32(31)43-40-23-9-12-25(13-10-23)45(51)52)16-29(60(56,57)58)33(34(30)47)44-41-22-7-5-20(6-8-22)38-35(48)18-1-3-21(4-2-18)39-42-24-11-14-27(46)26(17-24)36(49)50;;;/h1-17,41,46H,37H2,(H,38,48)(H,49,50)(H,53,54,55)(H,56,57,58);;;/q;3*+1/p-3. The first-order valence-corrected chi connectivity index (χ1v) is 19.3. The summed E-state index contributed by atoms with van der Waals surface area (Å²) in [6.07, 6.45) is 0.637. The van der Waals surface area contributed by atoms with Crippen LogP contribution in [0, 0.1) is 10.1 Å². The zero-order chi connectivity index (χ0) is 43.5. The number of anilines is 3. The molecule has 0 fully saturated rings. The van der Waals surface area contributed by atoms with E-state index in [4.69, 9.17) is 5.73 Å². The molecule has 0 aromatic heterocycles. The smallest absolute Gasteiger partial charge is 0.872 e. The number of amides is 1. The van der Waals surface area contributed by atoms with Crippen LogP contribution >= 0.6 is 0 Å². The predicted octanol–water partition coefficient (Wildman–Crippen LogP) is -4.49. The van der Waals surface area contributed by atoms with E-state index in [1.807, 2.05) is 0 Å². The number of nitrogens with zero attached hydrogens (tertiary/aromatic N) is 6. The summed E-state index contributed by atoms with van der Waals surface area (Å²) < 4.78 is 71.5. The molecule has 6 rings (SSSR count). The first kappa shape index (κ1) is 52.3. The van der Waals surface area contributed by atoms with Crippen LogP contribution in [0.4, 0.5) is 45.5 Å². The molecule has 0 aliphatic heterocycles. The molecular weight excluding hydrogens is 900 g/mol. The van der Waals surface area contributed by atoms with Crippen LogP contribution in [0.5, 0.6) is 5.75 Å². The number of aromatic carboxylic acids is 1. The van der Waals surface area contributed by atoms with Crippen molar-refractivity contribution in [3.8, 4) is 5.75 Å². The van der Waals surface area contributed by atoms with E-state index >= 15 is 0 Å². The maximum Gasteiger partial charge on any atom is 1.00 e. The number of nitro groups is 1. The summed E-state index contributed by atoms with van der Waals surface area (Å²) in [6, 6.07) is 19.8. The number of rotatable bonds is 12. The van der Waals surface area contributed by atoms with Crippen molar-refractivity contribution in [2.45, 2.75) is 4.90 Å². The van der Waals surface area contributed by atoms with Gasteiger partial charge in [-0.3, -0.25) is 29.7 Å². The van der Waals surface area contributed by atoms with Crippen molar-refractivity contribution in [3.05, 3.63) is 134 Å². The summed E-state index contributed by atoms with van der Waals surface area (Å²) in [5.74, 6) is -4.21. The number of azo groups is 2. The Morgan fingerprint density at radius 2 is 1.30 bits per heavy atom. The number of nitro benzene ring substituents is 1. The Hall–Kier alpha value is -5.06. The van der Waals surface area contributed by atoms with E-state index in [1.54, 1.807) is 0 Å². The van der Waals surface area contributed by atoms with Crippen LogP contribution in [0.15, 0.2) is 132 Å². The Labute approximate surface area is 422 Å². The van der Waals surface area contributed by atoms with Gasteiger partial charge in [-0.25, -0.2) is 8.42 Å². The number of ketones is 1. The molecule has 1 amide bonds. The molecule has 0 unspecified atom stereocenters. The van der Waals surface area contributed by atoms with Gasteiger partial charge in [0.25, 0.3) is 21.7 Å². The van der Waals surface area contributed by atoms with Crippen molar-refractivity contribution >= 4 is 95.2 Å². The summed E-state index contributed by atoms with van der Waals surface area (Å²) in [5.41, 5.74) is 5.22. The van der Waals surface area contributed by atoms with Gasteiger partial charge >= 0.3 is 88.7 Å². The number of nitrogen functional groups attached to an aromatic ring is 1. The van der Waals surface area contributed by atoms with E-state index in [0.29, 0.717) is 17.8 Å². The Bertz CT molecular complexity index is 2990. The number of carboxylic acids is 1.